The molecule has 0 aromatic rings. The van der Waals surface area contributed by atoms with Gasteiger partial charge in [-0.05, 0) is 18.8 Å². The molecule has 1 aliphatic carbocycles. The third kappa shape index (κ3) is 3.40. The van der Waals surface area contributed by atoms with Crippen molar-refractivity contribution in [2.45, 2.75) is 44.9 Å². The summed E-state index contributed by atoms with van der Waals surface area (Å²) in [6, 6.07) is 0. The lowest BCUT2D eigenvalue weighted by Gasteiger charge is -2.20. The fourth-order valence-corrected chi connectivity index (χ4v) is 1.86. The average Bonchev–Trinajstić information content (AvgIpc) is 2.07. The molecule has 1 rings (SSSR count). The third-order valence-electron chi connectivity index (χ3n) is 2.53. The van der Waals surface area contributed by atoms with Gasteiger partial charge in [0.2, 0.25) is 0 Å². The van der Waals surface area contributed by atoms with E-state index < -0.39 is 0 Å². The fourth-order valence-electron chi connectivity index (χ4n) is 1.86. The largest absolute Gasteiger partial charge is 0.324 e. The van der Waals surface area contributed by atoms with E-state index in [1.54, 1.807) is 0 Å². The summed E-state index contributed by atoms with van der Waals surface area (Å²) in [5.41, 5.74) is 0. The number of hydrazone groups is 1. The second-order valence-electron chi connectivity index (χ2n) is 3.41. The molecule has 1 aliphatic rings. The summed E-state index contributed by atoms with van der Waals surface area (Å²) in [4.78, 5) is 0. The molecule has 0 heterocycles. The van der Waals surface area contributed by atoms with Crippen LogP contribution >= 0.6 is 0 Å². The molecule has 1 saturated carbocycles. The molecule has 0 atom stereocenters. The zero-order valence-corrected chi connectivity index (χ0v) is 7.13. The maximum atomic E-state index is 5.01. The highest BCUT2D eigenvalue weighted by molar-refractivity contribution is 5.56. The van der Waals surface area contributed by atoms with Crippen LogP contribution in [0.15, 0.2) is 5.10 Å². The Labute approximate surface area is 68.9 Å². The summed E-state index contributed by atoms with van der Waals surface area (Å²) in [5, 5.41) is 3.50. The van der Waals surface area contributed by atoms with Crippen LogP contribution in [0.1, 0.15) is 44.9 Å². The monoisotopic (exact) mass is 154 g/mol. The molecule has 2 heteroatoms. The van der Waals surface area contributed by atoms with Gasteiger partial charge in [0.05, 0.1) is 0 Å². The van der Waals surface area contributed by atoms with Gasteiger partial charge in [0, 0.05) is 6.21 Å². The van der Waals surface area contributed by atoms with Crippen molar-refractivity contribution in [2.24, 2.45) is 16.9 Å². The zero-order valence-electron chi connectivity index (χ0n) is 7.13. The summed E-state index contributed by atoms with van der Waals surface area (Å²) in [6.45, 7) is 0. The first kappa shape index (κ1) is 8.57. The van der Waals surface area contributed by atoms with E-state index in [4.69, 9.17) is 5.84 Å². The van der Waals surface area contributed by atoms with Crippen LogP contribution in [0.2, 0.25) is 0 Å². The van der Waals surface area contributed by atoms with Crippen LogP contribution in [0.25, 0.3) is 0 Å². The number of rotatable bonds is 3. The SMILES string of the molecule is N/N=C\CCC1CCCCC1. The second kappa shape index (κ2) is 5.16. The average molecular weight is 154 g/mol. The molecule has 0 amide bonds. The van der Waals surface area contributed by atoms with Crippen LogP contribution in [-0.4, -0.2) is 6.21 Å². The summed E-state index contributed by atoms with van der Waals surface area (Å²) >= 11 is 0. The molecular weight excluding hydrogens is 136 g/mol. The van der Waals surface area contributed by atoms with Crippen LogP contribution in [0.4, 0.5) is 0 Å². The van der Waals surface area contributed by atoms with Gasteiger partial charge in [-0.25, -0.2) is 0 Å². The number of nitrogens with zero attached hydrogens (tertiary/aromatic N) is 1. The summed E-state index contributed by atoms with van der Waals surface area (Å²) in [5.74, 6) is 5.97. The second-order valence-corrected chi connectivity index (χ2v) is 3.41. The number of hydrogen-bond donors (Lipinski definition) is 1. The first-order valence-corrected chi connectivity index (χ1v) is 4.65. The lowest BCUT2D eigenvalue weighted by atomic mass is 9.86. The molecule has 2 nitrogen and oxygen atoms in total. The van der Waals surface area contributed by atoms with Crippen molar-refractivity contribution in [1.29, 1.82) is 0 Å². The van der Waals surface area contributed by atoms with E-state index in [0.717, 1.165) is 12.3 Å². The van der Waals surface area contributed by atoms with Gasteiger partial charge in [-0.2, -0.15) is 5.10 Å². The van der Waals surface area contributed by atoms with Crippen LogP contribution in [0.3, 0.4) is 0 Å². The Bertz CT molecular complexity index is 115. The van der Waals surface area contributed by atoms with Gasteiger partial charge in [0.25, 0.3) is 0 Å². The van der Waals surface area contributed by atoms with Crippen LogP contribution in [-0.2, 0) is 0 Å². The maximum absolute atomic E-state index is 5.01. The molecule has 2 N–H and O–H groups in total. The molecular formula is C9H18N2. The van der Waals surface area contributed by atoms with Crippen molar-refractivity contribution in [3.63, 3.8) is 0 Å². The van der Waals surface area contributed by atoms with E-state index in [-0.39, 0.29) is 0 Å². The molecule has 0 aliphatic heterocycles. The van der Waals surface area contributed by atoms with Crippen molar-refractivity contribution in [2.75, 3.05) is 0 Å². The van der Waals surface area contributed by atoms with Crippen molar-refractivity contribution in [3.05, 3.63) is 0 Å². The highest BCUT2D eigenvalue weighted by Gasteiger charge is 2.11. The van der Waals surface area contributed by atoms with E-state index in [2.05, 4.69) is 5.10 Å². The van der Waals surface area contributed by atoms with E-state index in [0.29, 0.717) is 0 Å². The molecule has 11 heavy (non-hydrogen) atoms. The van der Waals surface area contributed by atoms with Gasteiger partial charge in [0.15, 0.2) is 0 Å². The predicted molar refractivity (Wildman–Crippen MR) is 48.5 cm³/mol. The molecule has 0 unspecified atom stereocenters. The Morgan fingerprint density at radius 2 is 2.00 bits per heavy atom. The summed E-state index contributed by atoms with van der Waals surface area (Å²) in [6.07, 6.45) is 11.4. The van der Waals surface area contributed by atoms with Crippen molar-refractivity contribution < 1.29 is 0 Å². The highest BCUT2D eigenvalue weighted by Crippen LogP contribution is 2.26. The van der Waals surface area contributed by atoms with Crippen molar-refractivity contribution >= 4 is 6.21 Å². The Kier molecular flexibility index (Phi) is 4.02. The summed E-state index contributed by atoms with van der Waals surface area (Å²) < 4.78 is 0. The van der Waals surface area contributed by atoms with Gasteiger partial charge < -0.3 is 5.84 Å². The Morgan fingerprint density at radius 1 is 1.27 bits per heavy atom. The molecule has 1 fully saturated rings. The van der Waals surface area contributed by atoms with E-state index in [1.807, 2.05) is 6.21 Å². The minimum Gasteiger partial charge on any atom is -0.324 e. The normalized spacial score (nSPS) is 21.1. The minimum atomic E-state index is 0.960. The smallest absolute Gasteiger partial charge is 0.0240 e. The molecule has 0 aromatic heterocycles. The molecule has 0 saturated heterocycles. The quantitative estimate of drug-likeness (QED) is 0.378. The van der Waals surface area contributed by atoms with Crippen LogP contribution in [0, 0.1) is 5.92 Å². The lowest BCUT2D eigenvalue weighted by molar-refractivity contribution is 0.344. The van der Waals surface area contributed by atoms with E-state index in [9.17, 15) is 0 Å². The molecule has 0 aromatic carbocycles. The fraction of sp³-hybridized carbons (Fsp3) is 0.889. The summed E-state index contributed by atoms with van der Waals surface area (Å²) in [7, 11) is 0. The highest BCUT2D eigenvalue weighted by atomic mass is 15.1. The molecule has 0 bridgehead atoms. The van der Waals surface area contributed by atoms with Gasteiger partial charge >= 0.3 is 0 Å². The zero-order chi connectivity index (χ0) is 7.94. The van der Waals surface area contributed by atoms with Crippen LogP contribution < -0.4 is 5.84 Å². The minimum absolute atomic E-state index is 0.960. The first-order valence-electron chi connectivity index (χ1n) is 4.65. The molecule has 64 valence electrons. The lowest BCUT2D eigenvalue weighted by Crippen LogP contribution is -2.06. The Hall–Kier alpha value is -0.530. The topological polar surface area (TPSA) is 38.4 Å². The predicted octanol–water partition coefficient (Wildman–Crippen LogP) is 2.29. The number of hydrogen-bond acceptors (Lipinski definition) is 2. The van der Waals surface area contributed by atoms with E-state index >= 15 is 0 Å². The van der Waals surface area contributed by atoms with Gasteiger partial charge in [-0.15, -0.1) is 0 Å². The van der Waals surface area contributed by atoms with Gasteiger partial charge in [0.1, 0.15) is 0 Å². The van der Waals surface area contributed by atoms with Crippen LogP contribution in [0.5, 0.6) is 0 Å². The number of nitrogens with two attached hydrogens (primary N) is 1. The van der Waals surface area contributed by atoms with Crippen molar-refractivity contribution in [3.8, 4) is 0 Å². The van der Waals surface area contributed by atoms with E-state index in [1.165, 1.54) is 38.5 Å². The molecule has 0 spiro atoms. The third-order valence-corrected chi connectivity index (χ3v) is 2.53. The Morgan fingerprint density at radius 3 is 2.64 bits per heavy atom. The standard InChI is InChI=1S/C9H18N2/c10-11-8-4-7-9-5-2-1-3-6-9/h8-9H,1-7,10H2/b11-8-. The Balaban J connectivity index is 2.04. The van der Waals surface area contributed by atoms with Crippen molar-refractivity contribution in [1.82, 2.24) is 0 Å². The van der Waals surface area contributed by atoms with Gasteiger partial charge in [-0.3, -0.25) is 0 Å². The van der Waals surface area contributed by atoms with Gasteiger partial charge in [-0.1, -0.05) is 32.1 Å². The molecule has 0 radical (unpaired) electrons. The first-order chi connectivity index (χ1) is 5.43. The maximum Gasteiger partial charge on any atom is 0.0240 e.